The maximum atomic E-state index is 13.5. The van der Waals surface area contributed by atoms with Gasteiger partial charge in [-0.3, -0.25) is 0 Å². The summed E-state index contributed by atoms with van der Waals surface area (Å²) in [5.41, 5.74) is -3.80. The van der Waals surface area contributed by atoms with Crippen molar-refractivity contribution in [2.75, 3.05) is 6.54 Å². The molecule has 3 rings (SSSR count). The minimum atomic E-state index is -5.07. The number of sulfonamides is 1. The molecule has 0 saturated carbocycles. The molecule has 0 saturated heterocycles. The first-order valence-corrected chi connectivity index (χ1v) is 9.45. The van der Waals surface area contributed by atoms with Gasteiger partial charge in [0.1, 0.15) is 0 Å². The third-order valence-electron chi connectivity index (χ3n) is 4.28. The van der Waals surface area contributed by atoms with Crippen LogP contribution < -0.4 is 4.72 Å². The van der Waals surface area contributed by atoms with Crippen LogP contribution in [0, 0.1) is 0 Å². The molecule has 142 valence electrons. The zero-order chi connectivity index (χ0) is 19.7. The summed E-state index contributed by atoms with van der Waals surface area (Å²) in [6, 6.07) is 17.5. The summed E-state index contributed by atoms with van der Waals surface area (Å²) in [6.45, 7) is -1.24. The molecule has 0 amide bonds. The Balaban J connectivity index is 1.98. The number of hydrogen-bond acceptors (Lipinski definition) is 3. The van der Waals surface area contributed by atoms with Gasteiger partial charge in [0.2, 0.25) is 10.0 Å². The van der Waals surface area contributed by atoms with Crippen molar-refractivity contribution in [2.24, 2.45) is 0 Å². The maximum Gasteiger partial charge on any atom is 0.422 e. The van der Waals surface area contributed by atoms with Crippen molar-refractivity contribution in [1.82, 2.24) is 4.72 Å². The van der Waals surface area contributed by atoms with E-state index in [0.29, 0.717) is 10.8 Å². The Kier molecular flexibility index (Phi) is 4.98. The van der Waals surface area contributed by atoms with Crippen LogP contribution >= 0.6 is 0 Å². The van der Waals surface area contributed by atoms with Gasteiger partial charge < -0.3 is 5.11 Å². The molecule has 0 spiro atoms. The van der Waals surface area contributed by atoms with E-state index in [1.807, 2.05) is 4.72 Å². The average molecular weight is 395 g/mol. The number of hydrogen-bond donors (Lipinski definition) is 2. The Morgan fingerprint density at radius 2 is 1.44 bits per heavy atom. The molecule has 0 fully saturated rings. The molecule has 0 radical (unpaired) electrons. The van der Waals surface area contributed by atoms with Crippen molar-refractivity contribution in [3.05, 3.63) is 78.4 Å². The van der Waals surface area contributed by atoms with Crippen LogP contribution in [0.25, 0.3) is 10.8 Å². The normalized spacial score (nSPS) is 14.8. The van der Waals surface area contributed by atoms with Crippen molar-refractivity contribution < 1.29 is 26.7 Å². The predicted octanol–water partition coefficient (Wildman–Crippen LogP) is 3.57. The summed E-state index contributed by atoms with van der Waals surface area (Å²) in [5, 5.41) is 11.3. The molecule has 3 aromatic carbocycles. The fourth-order valence-corrected chi connectivity index (χ4v) is 4.07. The monoisotopic (exact) mass is 395 g/mol. The Morgan fingerprint density at radius 3 is 2.11 bits per heavy atom. The van der Waals surface area contributed by atoms with Crippen LogP contribution in [-0.2, 0) is 15.6 Å². The highest BCUT2D eigenvalue weighted by Crippen LogP contribution is 2.38. The first-order chi connectivity index (χ1) is 12.7. The molecule has 0 heterocycles. The van der Waals surface area contributed by atoms with Gasteiger partial charge >= 0.3 is 6.18 Å². The fourth-order valence-electron chi connectivity index (χ4n) is 2.79. The summed E-state index contributed by atoms with van der Waals surface area (Å²) in [4.78, 5) is -0.154. The van der Waals surface area contributed by atoms with Crippen LogP contribution in [0.3, 0.4) is 0 Å². The number of fused-ring (bicyclic) bond motifs is 1. The zero-order valence-corrected chi connectivity index (χ0v) is 14.8. The van der Waals surface area contributed by atoms with Crippen molar-refractivity contribution in [3.8, 4) is 0 Å². The van der Waals surface area contributed by atoms with Crippen LogP contribution in [0.2, 0.25) is 0 Å². The van der Waals surface area contributed by atoms with E-state index in [0.717, 1.165) is 12.1 Å². The van der Waals surface area contributed by atoms with Gasteiger partial charge in [0, 0.05) is 5.39 Å². The number of aliphatic hydroxyl groups is 1. The van der Waals surface area contributed by atoms with Crippen molar-refractivity contribution in [3.63, 3.8) is 0 Å². The molecule has 0 aliphatic carbocycles. The van der Waals surface area contributed by atoms with Crippen molar-refractivity contribution in [1.29, 1.82) is 0 Å². The second-order valence-corrected chi connectivity index (χ2v) is 7.76. The van der Waals surface area contributed by atoms with Gasteiger partial charge in [0.15, 0.2) is 5.60 Å². The van der Waals surface area contributed by atoms with E-state index in [1.54, 1.807) is 30.3 Å². The van der Waals surface area contributed by atoms with Crippen LogP contribution in [0.1, 0.15) is 5.56 Å². The lowest BCUT2D eigenvalue weighted by Gasteiger charge is -2.31. The number of halogens is 3. The van der Waals surface area contributed by atoms with E-state index in [4.69, 9.17) is 0 Å². The fraction of sp³-hybridized carbons (Fsp3) is 0.158. The predicted molar refractivity (Wildman–Crippen MR) is 95.5 cm³/mol. The summed E-state index contributed by atoms with van der Waals surface area (Å²) < 4.78 is 67.8. The highest BCUT2D eigenvalue weighted by molar-refractivity contribution is 7.89. The van der Waals surface area contributed by atoms with E-state index in [2.05, 4.69) is 0 Å². The Hall–Kier alpha value is -2.42. The minimum Gasteiger partial charge on any atom is -0.375 e. The zero-order valence-electron chi connectivity index (χ0n) is 13.9. The second kappa shape index (κ2) is 6.95. The van der Waals surface area contributed by atoms with E-state index < -0.39 is 33.9 Å². The lowest BCUT2D eigenvalue weighted by atomic mass is 9.93. The van der Waals surface area contributed by atoms with Crippen LogP contribution in [0.4, 0.5) is 13.2 Å². The Labute approximate surface area is 154 Å². The topological polar surface area (TPSA) is 66.4 Å². The van der Waals surface area contributed by atoms with Crippen molar-refractivity contribution >= 4 is 20.8 Å². The summed E-state index contributed by atoms with van der Waals surface area (Å²) in [5.74, 6) is 0. The summed E-state index contributed by atoms with van der Waals surface area (Å²) in [6.07, 6.45) is -5.07. The lowest BCUT2D eigenvalue weighted by molar-refractivity contribution is -0.263. The van der Waals surface area contributed by atoms with Gasteiger partial charge in [-0.15, -0.1) is 0 Å². The molecule has 0 aliphatic heterocycles. The SMILES string of the molecule is O=S(=O)(NCC(O)(c1ccccc1)C(F)(F)F)c1cccc2ccccc12. The molecule has 1 unspecified atom stereocenters. The first-order valence-electron chi connectivity index (χ1n) is 7.97. The van der Waals surface area contributed by atoms with Gasteiger partial charge in [0.25, 0.3) is 0 Å². The third-order valence-corrected chi connectivity index (χ3v) is 5.74. The highest BCUT2D eigenvalue weighted by atomic mass is 32.2. The molecule has 0 bridgehead atoms. The summed E-state index contributed by atoms with van der Waals surface area (Å²) >= 11 is 0. The van der Waals surface area contributed by atoms with E-state index in [-0.39, 0.29) is 4.90 Å². The van der Waals surface area contributed by atoms with Crippen molar-refractivity contribution in [2.45, 2.75) is 16.7 Å². The van der Waals surface area contributed by atoms with E-state index in [9.17, 15) is 26.7 Å². The van der Waals surface area contributed by atoms with Crippen LogP contribution in [-0.4, -0.2) is 26.2 Å². The van der Waals surface area contributed by atoms with Gasteiger partial charge in [-0.25, -0.2) is 13.1 Å². The lowest BCUT2D eigenvalue weighted by Crippen LogP contribution is -2.51. The number of nitrogens with one attached hydrogen (secondary N) is 1. The molecular weight excluding hydrogens is 379 g/mol. The molecule has 0 aromatic heterocycles. The summed E-state index contributed by atoms with van der Waals surface area (Å²) in [7, 11) is -4.30. The number of benzene rings is 3. The largest absolute Gasteiger partial charge is 0.422 e. The maximum absolute atomic E-state index is 13.5. The van der Waals surface area contributed by atoms with Gasteiger partial charge in [-0.1, -0.05) is 66.7 Å². The average Bonchev–Trinajstić information content (AvgIpc) is 2.65. The molecule has 1 atom stereocenters. The molecule has 2 N–H and O–H groups in total. The van der Waals surface area contributed by atoms with E-state index >= 15 is 0 Å². The molecular formula is C19H16F3NO3S. The van der Waals surface area contributed by atoms with Crippen LogP contribution in [0.15, 0.2) is 77.7 Å². The molecule has 3 aromatic rings. The number of alkyl halides is 3. The first kappa shape index (κ1) is 19.3. The van der Waals surface area contributed by atoms with Gasteiger partial charge in [-0.2, -0.15) is 13.2 Å². The second-order valence-electron chi connectivity index (χ2n) is 6.03. The van der Waals surface area contributed by atoms with Gasteiger partial charge in [0.05, 0.1) is 11.4 Å². The molecule has 8 heteroatoms. The molecule has 27 heavy (non-hydrogen) atoms. The third kappa shape index (κ3) is 3.69. The smallest absolute Gasteiger partial charge is 0.375 e. The Morgan fingerprint density at radius 1 is 0.852 bits per heavy atom. The molecule has 0 aliphatic rings. The highest BCUT2D eigenvalue weighted by Gasteiger charge is 2.55. The van der Waals surface area contributed by atoms with Crippen LogP contribution in [0.5, 0.6) is 0 Å². The Bertz CT molecular complexity index is 1050. The quantitative estimate of drug-likeness (QED) is 0.694. The molecule has 4 nitrogen and oxygen atoms in total. The van der Waals surface area contributed by atoms with Gasteiger partial charge in [-0.05, 0) is 17.0 Å². The standard InChI is InChI=1S/C19H16F3NO3S/c20-19(21,22)18(24,15-9-2-1-3-10-15)13-23-27(25,26)17-12-6-8-14-7-4-5-11-16(14)17/h1-12,23-24H,13H2. The number of rotatable bonds is 5. The van der Waals surface area contributed by atoms with E-state index in [1.165, 1.54) is 30.3 Å². The minimum absolute atomic E-state index is 0.154.